The van der Waals surface area contributed by atoms with Crippen LogP contribution in [0.1, 0.15) is 43.2 Å². The number of anilines is 2. The Morgan fingerprint density at radius 1 is 0.966 bits per heavy atom. The quantitative estimate of drug-likeness (QED) is 0.493. The van der Waals surface area contributed by atoms with Gasteiger partial charge < -0.3 is 10.6 Å². The monoisotopic (exact) mass is 406 g/mol. The number of hydrogen-bond acceptors (Lipinski definition) is 4. The number of rotatable bonds is 6. The van der Waals surface area contributed by atoms with Gasteiger partial charge in [0.05, 0.1) is 5.02 Å². The van der Waals surface area contributed by atoms with Crippen LogP contribution in [-0.4, -0.2) is 16.0 Å². The van der Waals surface area contributed by atoms with Crippen LogP contribution in [0.4, 0.5) is 11.6 Å². The highest BCUT2D eigenvalue weighted by molar-refractivity contribution is 6.33. The second-order valence-electron chi connectivity index (χ2n) is 7.80. The van der Waals surface area contributed by atoms with Crippen molar-refractivity contribution in [2.75, 3.05) is 10.6 Å². The van der Waals surface area contributed by atoms with Crippen molar-refractivity contribution in [1.29, 1.82) is 0 Å². The minimum atomic E-state index is 0.509. The van der Waals surface area contributed by atoms with Crippen molar-refractivity contribution in [2.24, 2.45) is 0 Å². The lowest BCUT2D eigenvalue weighted by atomic mass is 9.95. The Morgan fingerprint density at radius 3 is 2.55 bits per heavy atom. The fourth-order valence-corrected chi connectivity index (χ4v) is 4.00. The smallest absolute Gasteiger partial charge is 0.126 e. The maximum absolute atomic E-state index is 6.48. The standard InChI is InChI=1S/C24H27ClN4/c1-17-7-9-18(10-8-17)15-27-23-13-19(11-12-26-23)21-14-24(28-16-22(21)25)29-20-5-3-2-4-6-20/h7-14,16,20H,2-6,15H2,1H3,(H,26,27)(H,28,29). The van der Waals surface area contributed by atoms with E-state index in [1.165, 1.54) is 43.2 Å². The minimum absolute atomic E-state index is 0.509. The Bertz CT molecular complexity index is 949. The Balaban J connectivity index is 1.49. The molecule has 0 spiro atoms. The zero-order chi connectivity index (χ0) is 20.1. The van der Waals surface area contributed by atoms with Crippen molar-refractivity contribution in [3.05, 3.63) is 71.0 Å². The average Bonchev–Trinajstić information content (AvgIpc) is 2.76. The second kappa shape index (κ2) is 9.27. The van der Waals surface area contributed by atoms with Crippen LogP contribution in [-0.2, 0) is 6.54 Å². The summed E-state index contributed by atoms with van der Waals surface area (Å²) in [6.45, 7) is 2.83. The van der Waals surface area contributed by atoms with Crippen LogP contribution in [0, 0.1) is 6.92 Å². The van der Waals surface area contributed by atoms with Crippen LogP contribution in [0.3, 0.4) is 0 Å². The minimum Gasteiger partial charge on any atom is -0.367 e. The molecule has 0 atom stereocenters. The van der Waals surface area contributed by atoms with Gasteiger partial charge in [0.2, 0.25) is 0 Å². The van der Waals surface area contributed by atoms with Crippen molar-refractivity contribution in [1.82, 2.24) is 9.97 Å². The van der Waals surface area contributed by atoms with Crippen LogP contribution in [0.2, 0.25) is 5.02 Å². The molecule has 0 aliphatic heterocycles. The van der Waals surface area contributed by atoms with Crippen LogP contribution < -0.4 is 10.6 Å². The van der Waals surface area contributed by atoms with Crippen LogP contribution >= 0.6 is 11.6 Å². The van der Waals surface area contributed by atoms with E-state index >= 15 is 0 Å². The fraction of sp³-hybridized carbons (Fsp3) is 0.333. The maximum Gasteiger partial charge on any atom is 0.126 e. The van der Waals surface area contributed by atoms with Gasteiger partial charge in [-0.2, -0.15) is 0 Å². The number of hydrogen-bond donors (Lipinski definition) is 2. The summed E-state index contributed by atoms with van der Waals surface area (Å²) in [5.74, 6) is 1.72. The molecular formula is C24H27ClN4. The SMILES string of the molecule is Cc1ccc(CNc2cc(-c3cc(NC4CCCCC4)ncc3Cl)ccn2)cc1. The van der Waals surface area contributed by atoms with Crippen molar-refractivity contribution in [2.45, 2.75) is 51.6 Å². The number of nitrogens with zero attached hydrogens (tertiary/aromatic N) is 2. The van der Waals surface area contributed by atoms with Gasteiger partial charge in [0.1, 0.15) is 11.6 Å². The van der Waals surface area contributed by atoms with E-state index in [9.17, 15) is 0 Å². The third kappa shape index (κ3) is 5.27. The summed E-state index contributed by atoms with van der Waals surface area (Å²) in [5, 5.41) is 7.64. The molecule has 1 aliphatic rings. The highest BCUT2D eigenvalue weighted by atomic mass is 35.5. The molecule has 1 aliphatic carbocycles. The number of pyridine rings is 2. The van der Waals surface area contributed by atoms with Gasteiger partial charge in [-0.1, -0.05) is 60.7 Å². The molecule has 0 amide bonds. The molecule has 4 rings (SSSR count). The molecule has 3 aromatic rings. The first kappa shape index (κ1) is 19.7. The predicted molar refractivity (Wildman–Crippen MR) is 121 cm³/mol. The van der Waals surface area contributed by atoms with E-state index in [0.29, 0.717) is 11.1 Å². The predicted octanol–water partition coefficient (Wildman–Crippen LogP) is 6.46. The zero-order valence-electron chi connectivity index (χ0n) is 16.8. The Labute approximate surface area is 177 Å². The summed E-state index contributed by atoms with van der Waals surface area (Å²) in [5.41, 5.74) is 4.49. The largest absolute Gasteiger partial charge is 0.367 e. The first-order valence-corrected chi connectivity index (χ1v) is 10.7. The van der Waals surface area contributed by atoms with Crippen LogP contribution in [0.5, 0.6) is 0 Å². The van der Waals surface area contributed by atoms with Crippen molar-refractivity contribution < 1.29 is 0 Å². The lowest BCUT2D eigenvalue weighted by Crippen LogP contribution is -2.22. The summed E-state index contributed by atoms with van der Waals surface area (Å²) in [6, 6.07) is 15.1. The summed E-state index contributed by atoms with van der Waals surface area (Å²) in [6.07, 6.45) is 9.90. The van der Waals surface area contributed by atoms with Gasteiger partial charge in [-0.15, -0.1) is 0 Å². The molecule has 0 radical (unpaired) electrons. The third-order valence-electron chi connectivity index (χ3n) is 5.48. The van der Waals surface area contributed by atoms with Gasteiger partial charge in [-0.25, -0.2) is 9.97 Å². The molecule has 150 valence electrons. The van der Waals surface area contributed by atoms with E-state index in [4.69, 9.17) is 11.6 Å². The number of aromatic nitrogens is 2. The molecule has 4 nitrogen and oxygen atoms in total. The molecular weight excluding hydrogens is 380 g/mol. The van der Waals surface area contributed by atoms with E-state index in [1.54, 1.807) is 6.20 Å². The molecule has 0 bridgehead atoms. The number of nitrogens with one attached hydrogen (secondary N) is 2. The number of aryl methyl sites for hydroxylation is 1. The highest BCUT2D eigenvalue weighted by Crippen LogP contribution is 2.31. The summed E-state index contributed by atoms with van der Waals surface area (Å²) >= 11 is 6.48. The average molecular weight is 407 g/mol. The topological polar surface area (TPSA) is 49.8 Å². The fourth-order valence-electron chi connectivity index (χ4n) is 3.79. The van der Waals surface area contributed by atoms with Crippen molar-refractivity contribution in [3.63, 3.8) is 0 Å². The van der Waals surface area contributed by atoms with E-state index < -0.39 is 0 Å². The van der Waals surface area contributed by atoms with Gasteiger partial charge in [0, 0.05) is 30.5 Å². The van der Waals surface area contributed by atoms with Crippen LogP contribution in [0.25, 0.3) is 11.1 Å². The molecule has 1 fully saturated rings. The molecule has 1 saturated carbocycles. The van der Waals surface area contributed by atoms with Gasteiger partial charge in [-0.05, 0) is 49.1 Å². The first-order valence-electron chi connectivity index (χ1n) is 10.4. The Kier molecular flexibility index (Phi) is 6.30. The summed E-state index contributed by atoms with van der Waals surface area (Å²) < 4.78 is 0. The molecule has 2 aromatic heterocycles. The summed E-state index contributed by atoms with van der Waals surface area (Å²) in [7, 11) is 0. The molecule has 5 heteroatoms. The maximum atomic E-state index is 6.48. The summed E-state index contributed by atoms with van der Waals surface area (Å²) in [4.78, 5) is 8.95. The van der Waals surface area contributed by atoms with Gasteiger partial charge in [0.15, 0.2) is 0 Å². The second-order valence-corrected chi connectivity index (χ2v) is 8.20. The number of benzene rings is 1. The normalized spacial score (nSPS) is 14.6. The third-order valence-corrected chi connectivity index (χ3v) is 5.78. The van der Waals surface area contributed by atoms with Gasteiger partial charge >= 0.3 is 0 Å². The highest BCUT2D eigenvalue weighted by Gasteiger charge is 2.15. The van der Waals surface area contributed by atoms with Crippen LogP contribution in [0.15, 0.2) is 54.9 Å². The Hall–Kier alpha value is -2.59. The molecule has 0 saturated heterocycles. The van der Waals surface area contributed by atoms with Gasteiger partial charge in [0.25, 0.3) is 0 Å². The molecule has 2 N–H and O–H groups in total. The van der Waals surface area contributed by atoms with E-state index in [0.717, 1.165) is 29.3 Å². The molecule has 2 heterocycles. The zero-order valence-corrected chi connectivity index (χ0v) is 17.5. The molecule has 29 heavy (non-hydrogen) atoms. The first-order chi connectivity index (χ1) is 14.2. The molecule has 1 aromatic carbocycles. The number of halogens is 1. The van der Waals surface area contributed by atoms with Crippen molar-refractivity contribution >= 4 is 23.2 Å². The molecule has 0 unspecified atom stereocenters. The van der Waals surface area contributed by atoms with E-state index in [-0.39, 0.29) is 0 Å². The lowest BCUT2D eigenvalue weighted by Gasteiger charge is -2.23. The van der Waals surface area contributed by atoms with Crippen molar-refractivity contribution in [3.8, 4) is 11.1 Å². The van der Waals surface area contributed by atoms with Gasteiger partial charge in [-0.3, -0.25) is 0 Å². The van der Waals surface area contributed by atoms with E-state index in [2.05, 4.69) is 57.9 Å². The van der Waals surface area contributed by atoms with E-state index in [1.807, 2.05) is 18.3 Å². The lowest BCUT2D eigenvalue weighted by molar-refractivity contribution is 0.462. The Morgan fingerprint density at radius 2 is 1.76 bits per heavy atom.